The molecule has 0 amide bonds. The van der Waals surface area contributed by atoms with Crippen molar-refractivity contribution >= 4 is 6.21 Å². The lowest BCUT2D eigenvalue weighted by atomic mass is 10.2. The van der Waals surface area contributed by atoms with Crippen molar-refractivity contribution in [1.82, 2.24) is 0 Å². The van der Waals surface area contributed by atoms with Crippen molar-refractivity contribution in [3.05, 3.63) is 29.8 Å². The predicted molar refractivity (Wildman–Crippen MR) is 60.2 cm³/mol. The maximum Gasteiger partial charge on any atom is 0.573 e. The van der Waals surface area contributed by atoms with Crippen LogP contribution in [0.4, 0.5) is 13.2 Å². The van der Waals surface area contributed by atoms with Crippen molar-refractivity contribution < 1.29 is 22.7 Å². The van der Waals surface area contributed by atoms with Gasteiger partial charge in [0.25, 0.3) is 0 Å². The van der Waals surface area contributed by atoms with Crippen molar-refractivity contribution in [3.63, 3.8) is 0 Å². The molecule has 1 aromatic carbocycles. The van der Waals surface area contributed by atoms with Crippen LogP contribution in [0.25, 0.3) is 0 Å². The van der Waals surface area contributed by atoms with E-state index in [4.69, 9.17) is 4.84 Å². The molecule has 18 heavy (non-hydrogen) atoms. The molecule has 1 radical (unpaired) electrons. The number of alkyl halides is 3. The monoisotopic (exact) mass is 260 g/mol. The molecule has 0 bridgehead atoms. The van der Waals surface area contributed by atoms with E-state index in [1.165, 1.54) is 24.3 Å². The first-order chi connectivity index (χ1) is 8.37. The molecule has 1 aromatic rings. The Labute approximate surface area is 103 Å². The summed E-state index contributed by atoms with van der Waals surface area (Å²) in [6, 6.07) is 5.40. The van der Waals surface area contributed by atoms with Gasteiger partial charge in [0.2, 0.25) is 0 Å². The molecule has 0 saturated carbocycles. The number of rotatable bonds is 5. The molecular weight excluding hydrogens is 247 g/mol. The lowest BCUT2D eigenvalue weighted by Gasteiger charge is -2.08. The average Bonchev–Trinajstić information content (AvgIpc) is 2.24. The van der Waals surface area contributed by atoms with Gasteiger partial charge in [-0.05, 0) is 17.7 Å². The Morgan fingerprint density at radius 1 is 1.22 bits per heavy atom. The normalized spacial score (nSPS) is 12.1. The molecule has 6 heteroatoms. The van der Waals surface area contributed by atoms with Crippen LogP contribution in [-0.4, -0.2) is 12.6 Å². The van der Waals surface area contributed by atoms with Gasteiger partial charge in [-0.25, -0.2) is 0 Å². The molecule has 0 N–H and O–H groups in total. The third kappa shape index (κ3) is 6.12. The van der Waals surface area contributed by atoms with Crippen LogP contribution in [0.5, 0.6) is 5.75 Å². The molecule has 0 unspecified atom stereocenters. The van der Waals surface area contributed by atoms with E-state index in [0.29, 0.717) is 5.56 Å². The summed E-state index contributed by atoms with van der Waals surface area (Å²) >= 11 is 0. The lowest BCUT2D eigenvalue weighted by Crippen LogP contribution is -2.17. The maximum atomic E-state index is 11.9. The first-order valence-electron chi connectivity index (χ1n) is 5.29. The van der Waals surface area contributed by atoms with E-state index in [2.05, 4.69) is 16.1 Å². The zero-order valence-corrected chi connectivity index (χ0v) is 9.99. The van der Waals surface area contributed by atoms with Crippen molar-refractivity contribution in [3.8, 4) is 5.75 Å². The molecule has 0 fully saturated rings. The van der Waals surface area contributed by atoms with E-state index in [1.807, 2.05) is 13.8 Å². The van der Waals surface area contributed by atoms with Gasteiger partial charge in [-0.1, -0.05) is 31.1 Å². The highest BCUT2D eigenvalue weighted by Crippen LogP contribution is 2.22. The number of ether oxygens (including phenoxy) is 1. The Bertz CT molecular complexity index is 385. The minimum absolute atomic E-state index is 0.160. The van der Waals surface area contributed by atoms with E-state index in [1.54, 1.807) is 0 Å². The van der Waals surface area contributed by atoms with Crippen LogP contribution in [0.15, 0.2) is 29.4 Å². The van der Waals surface area contributed by atoms with Crippen molar-refractivity contribution in [2.24, 2.45) is 11.1 Å². The quantitative estimate of drug-likeness (QED) is 0.598. The summed E-state index contributed by atoms with van der Waals surface area (Å²) in [6.45, 7) is 3.97. The third-order valence-electron chi connectivity index (χ3n) is 1.76. The Balaban J connectivity index is 2.46. The molecular formula is C12H13F3NO2. The zero-order chi connectivity index (χ0) is 13.6. The molecule has 0 heterocycles. The van der Waals surface area contributed by atoms with Crippen LogP contribution in [0.2, 0.25) is 0 Å². The predicted octanol–water partition coefficient (Wildman–Crippen LogP) is 3.62. The van der Waals surface area contributed by atoms with Crippen LogP contribution < -0.4 is 4.74 Å². The molecule has 0 saturated heterocycles. The standard InChI is InChI=1S/C12H13F3NO2/c1-9(2)7-16-17-8-10-3-5-11(6-4-10)18-12(13,14)15/h3-6,9H,8H2,1-2H3. The Hall–Kier alpha value is -1.72. The smallest absolute Gasteiger partial charge is 0.406 e. The second kappa shape index (κ2) is 6.28. The largest absolute Gasteiger partial charge is 0.573 e. The zero-order valence-electron chi connectivity index (χ0n) is 9.99. The minimum Gasteiger partial charge on any atom is -0.406 e. The summed E-state index contributed by atoms with van der Waals surface area (Å²) in [6.07, 6.45) is -1.98. The number of hydrogen-bond acceptors (Lipinski definition) is 3. The van der Waals surface area contributed by atoms with Gasteiger partial charge in [0.1, 0.15) is 18.6 Å². The Kier molecular flexibility index (Phi) is 5.00. The summed E-state index contributed by atoms with van der Waals surface area (Å²) < 4.78 is 39.4. The van der Waals surface area contributed by atoms with Crippen LogP contribution in [-0.2, 0) is 11.4 Å². The summed E-state index contributed by atoms with van der Waals surface area (Å²) in [7, 11) is 0. The Morgan fingerprint density at radius 2 is 1.83 bits per heavy atom. The summed E-state index contributed by atoms with van der Waals surface area (Å²) in [5.41, 5.74) is 0.693. The fraction of sp³-hybridized carbons (Fsp3) is 0.417. The summed E-state index contributed by atoms with van der Waals surface area (Å²) in [4.78, 5) is 4.92. The SMILES string of the molecule is CC(C)/[C]=N\OCc1ccc(OC(F)(F)F)cc1. The average molecular weight is 260 g/mol. The van der Waals surface area contributed by atoms with Crippen molar-refractivity contribution in [2.75, 3.05) is 0 Å². The summed E-state index contributed by atoms with van der Waals surface area (Å²) in [5.74, 6) is -0.101. The minimum atomic E-state index is -4.67. The molecule has 0 aliphatic rings. The van der Waals surface area contributed by atoms with Crippen LogP contribution >= 0.6 is 0 Å². The van der Waals surface area contributed by atoms with Crippen LogP contribution in [0.3, 0.4) is 0 Å². The highest BCUT2D eigenvalue weighted by molar-refractivity contribution is 5.58. The molecule has 0 aromatic heterocycles. The second-order valence-electron chi connectivity index (χ2n) is 3.84. The molecule has 1 rings (SSSR count). The topological polar surface area (TPSA) is 30.8 Å². The van der Waals surface area contributed by atoms with Gasteiger partial charge in [-0.15, -0.1) is 13.2 Å². The molecule has 0 aliphatic heterocycles. The highest BCUT2D eigenvalue weighted by Gasteiger charge is 2.30. The first-order valence-corrected chi connectivity index (χ1v) is 5.29. The number of nitrogens with zero attached hydrogens (tertiary/aromatic N) is 1. The highest BCUT2D eigenvalue weighted by atomic mass is 19.4. The van der Waals surface area contributed by atoms with Crippen LogP contribution in [0.1, 0.15) is 19.4 Å². The second-order valence-corrected chi connectivity index (χ2v) is 3.84. The summed E-state index contributed by atoms with van der Waals surface area (Å²) in [5, 5.41) is 3.59. The Morgan fingerprint density at radius 3 is 2.33 bits per heavy atom. The molecule has 0 atom stereocenters. The van der Waals surface area contributed by atoms with Gasteiger partial charge in [-0.3, -0.25) is 0 Å². The van der Waals surface area contributed by atoms with Crippen molar-refractivity contribution in [1.29, 1.82) is 0 Å². The lowest BCUT2D eigenvalue weighted by molar-refractivity contribution is -0.274. The van der Waals surface area contributed by atoms with Gasteiger partial charge < -0.3 is 9.57 Å². The fourth-order valence-electron chi connectivity index (χ4n) is 1.04. The van der Waals surface area contributed by atoms with E-state index in [9.17, 15) is 13.2 Å². The van der Waals surface area contributed by atoms with Gasteiger partial charge in [0.15, 0.2) is 0 Å². The number of halogens is 3. The van der Waals surface area contributed by atoms with Crippen LogP contribution in [0, 0.1) is 5.92 Å². The van der Waals surface area contributed by atoms with Gasteiger partial charge >= 0.3 is 6.36 Å². The first kappa shape index (κ1) is 14.3. The van der Waals surface area contributed by atoms with Gasteiger partial charge in [-0.2, -0.15) is 0 Å². The number of benzene rings is 1. The fourth-order valence-corrected chi connectivity index (χ4v) is 1.04. The number of hydrogen-bond donors (Lipinski definition) is 0. The maximum absolute atomic E-state index is 11.9. The van der Waals surface area contributed by atoms with Gasteiger partial charge in [0, 0.05) is 5.92 Å². The third-order valence-corrected chi connectivity index (χ3v) is 1.76. The molecule has 3 nitrogen and oxygen atoms in total. The molecule has 0 aliphatic carbocycles. The van der Waals surface area contributed by atoms with E-state index in [0.717, 1.165) is 0 Å². The van der Waals surface area contributed by atoms with E-state index in [-0.39, 0.29) is 18.3 Å². The molecule has 99 valence electrons. The molecule has 0 spiro atoms. The van der Waals surface area contributed by atoms with E-state index >= 15 is 0 Å². The van der Waals surface area contributed by atoms with Gasteiger partial charge in [0.05, 0.1) is 0 Å². The van der Waals surface area contributed by atoms with E-state index < -0.39 is 6.36 Å². The van der Waals surface area contributed by atoms with Crippen molar-refractivity contribution in [2.45, 2.75) is 26.8 Å².